The van der Waals surface area contributed by atoms with Gasteiger partial charge in [-0.05, 0) is 0 Å². The van der Waals surface area contributed by atoms with E-state index in [1.165, 1.54) is 0 Å². The van der Waals surface area contributed by atoms with Crippen molar-refractivity contribution in [1.82, 2.24) is 4.90 Å². The van der Waals surface area contributed by atoms with E-state index in [1.54, 1.807) is 0 Å². The van der Waals surface area contributed by atoms with Gasteiger partial charge in [0.05, 0.1) is 6.61 Å². The van der Waals surface area contributed by atoms with Crippen molar-refractivity contribution in [3.8, 4) is 0 Å². The van der Waals surface area contributed by atoms with Crippen LogP contribution in [0.2, 0.25) is 0 Å². The molecule has 0 atom stereocenters. The monoisotopic (exact) mass is 144 g/mol. The van der Waals surface area contributed by atoms with E-state index in [9.17, 15) is 5.11 Å². The zero-order valence-electron chi connectivity index (χ0n) is 6.21. The lowest BCUT2D eigenvalue weighted by Crippen LogP contribution is -2.42. The van der Waals surface area contributed by atoms with Gasteiger partial charge in [0.15, 0.2) is 0 Å². The lowest BCUT2D eigenvalue weighted by atomic mass is 10.3. The number of morpholine rings is 1. The minimum atomic E-state index is 0.0529. The van der Waals surface area contributed by atoms with Crippen molar-refractivity contribution in [1.29, 1.82) is 0 Å². The second-order valence-corrected chi connectivity index (χ2v) is 2.51. The highest BCUT2D eigenvalue weighted by Gasteiger charge is 2.17. The Bertz CT molecular complexity index is 81.7. The van der Waals surface area contributed by atoms with E-state index < -0.39 is 0 Å². The minimum Gasteiger partial charge on any atom is -0.369 e. The second kappa shape index (κ2) is 4.66. The predicted octanol–water partition coefficient (Wildman–Crippen LogP) is -0.0227. The highest BCUT2D eigenvalue weighted by Crippen LogP contribution is 1.93. The molecule has 3 heteroatoms. The van der Waals surface area contributed by atoms with E-state index in [0.717, 1.165) is 39.3 Å². The molecule has 0 aromatic heterocycles. The zero-order chi connectivity index (χ0) is 7.23. The first kappa shape index (κ1) is 7.98. The number of hydrogen-bond donors (Lipinski definition) is 0. The lowest BCUT2D eigenvalue weighted by molar-refractivity contribution is 0.0712. The first-order chi connectivity index (χ1) is 4.93. The molecular formula is C7H14NO2+. The second-order valence-electron chi connectivity index (χ2n) is 2.51. The Morgan fingerprint density at radius 3 is 2.60 bits per heavy atom. The number of hydrogen-bond acceptors (Lipinski definition) is 2. The van der Waals surface area contributed by atoms with Gasteiger partial charge in [0, 0.05) is 6.42 Å². The average molecular weight is 144 g/mol. The molecule has 0 aromatic rings. The number of nitrogens with zero attached hydrogens (tertiary/aromatic N) is 1. The van der Waals surface area contributed by atoms with Crippen LogP contribution in [0.4, 0.5) is 0 Å². The Balaban J connectivity index is 2.02. The fourth-order valence-electron chi connectivity index (χ4n) is 1.11. The van der Waals surface area contributed by atoms with Crippen molar-refractivity contribution < 1.29 is 9.84 Å². The van der Waals surface area contributed by atoms with Gasteiger partial charge >= 0.3 is 0 Å². The molecule has 1 saturated heterocycles. The van der Waals surface area contributed by atoms with Crippen LogP contribution in [-0.2, 0) is 9.84 Å². The van der Waals surface area contributed by atoms with Crippen molar-refractivity contribution >= 4 is 0 Å². The van der Waals surface area contributed by atoms with Gasteiger partial charge in [0.2, 0.25) is 0 Å². The van der Waals surface area contributed by atoms with Crippen LogP contribution in [0.25, 0.3) is 0 Å². The molecule has 0 aliphatic carbocycles. The van der Waals surface area contributed by atoms with Crippen LogP contribution in [0.5, 0.6) is 0 Å². The summed E-state index contributed by atoms with van der Waals surface area (Å²) in [5.41, 5.74) is 0. The van der Waals surface area contributed by atoms with Gasteiger partial charge in [-0.15, -0.1) is 0 Å². The molecule has 10 heavy (non-hydrogen) atoms. The molecule has 0 spiro atoms. The quantitative estimate of drug-likeness (QED) is 0.512. The van der Waals surface area contributed by atoms with Gasteiger partial charge in [-0.3, -0.25) is 0 Å². The van der Waals surface area contributed by atoms with Gasteiger partial charge in [0.1, 0.15) is 32.8 Å². The van der Waals surface area contributed by atoms with Crippen molar-refractivity contribution in [3.63, 3.8) is 0 Å². The Labute approximate surface area is 61.6 Å². The highest BCUT2D eigenvalue weighted by molar-refractivity contribution is 4.66. The smallest absolute Gasteiger partial charge is 0.146 e. The molecule has 0 unspecified atom stereocenters. The molecular weight excluding hydrogens is 130 g/mol. The fourth-order valence-corrected chi connectivity index (χ4v) is 1.11. The molecule has 1 fully saturated rings. The molecule has 2 radical (unpaired) electrons. The standard InChI is InChI=1S/C7H14NO2/c9-5-1-2-8-3-6-10-7-4-8/h1-7H2/q+1. The first-order valence-corrected chi connectivity index (χ1v) is 3.81. The zero-order valence-corrected chi connectivity index (χ0v) is 6.21. The molecule has 0 aromatic carbocycles. The summed E-state index contributed by atoms with van der Waals surface area (Å²) >= 11 is 0. The third-order valence-electron chi connectivity index (χ3n) is 1.72. The maximum Gasteiger partial charge on any atom is 0.146 e. The van der Waals surface area contributed by atoms with Crippen LogP contribution < -0.4 is 4.90 Å². The Morgan fingerprint density at radius 1 is 1.30 bits per heavy atom. The van der Waals surface area contributed by atoms with Gasteiger partial charge in [-0.2, -0.15) is 4.90 Å². The van der Waals surface area contributed by atoms with E-state index in [4.69, 9.17) is 4.74 Å². The third-order valence-corrected chi connectivity index (χ3v) is 1.72. The van der Waals surface area contributed by atoms with Crippen LogP contribution >= 0.6 is 0 Å². The molecule has 0 N–H and O–H groups in total. The number of ether oxygens (including phenoxy) is 1. The third kappa shape index (κ3) is 2.64. The summed E-state index contributed by atoms with van der Waals surface area (Å²) in [7, 11) is 0. The molecule has 1 heterocycles. The van der Waals surface area contributed by atoms with Crippen LogP contribution in [0.1, 0.15) is 6.42 Å². The van der Waals surface area contributed by atoms with Gasteiger partial charge < -0.3 is 4.74 Å². The number of rotatable bonds is 3. The maximum absolute atomic E-state index is 10.1. The summed E-state index contributed by atoms with van der Waals surface area (Å²) in [6.07, 6.45) is 0.778. The first-order valence-electron chi connectivity index (χ1n) is 3.81. The van der Waals surface area contributed by atoms with E-state index in [1.807, 2.05) is 0 Å². The Hall–Kier alpha value is -0.120. The Morgan fingerprint density at radius 2 is 2.00 bits per heavy atom. The molecule has 1 rings (SSSR count). The molecule has 0 saturated carbocycles. The maximum atomic E-state index is 10.1. The van der Waals surface area contributed by atoms with E-state index >= 15 is 0 Å². The summed E-state index contributed by atoms with van der Waals surface area (Å²) in [5, 5.41) is 10.1. The minimum absolute atomic E-state index is 0.0529. The normalized spacial score (nSPS) is 21.3. The summed E-state index contributed by atoms with van der Waals surface area (Å²) < 4.78 is 5.16. The van der Waals surface area contributed by atoms with Crippen LogP contribution in [-0.4, -0.2) is 39.5 Å². The summed E-state index contributed by atoms with van der Waals surface area (Å²) in [5.74, 6) is 0. The summed E-state index contributed by atoms with van der Waals surface area (Å²) in [6.45, 7) is 4.67. The van der Waals surface area contributed by atoms with E-state index in [-0.39, 0.29) is 6.61 Å². The molecule has 1 aliphatic heterocycles. The lowest BCUT2D eigenvalue weighted by Gasteiger charge is -2.16. The van der Waals surface area contributed by atoms with Crippen LogP contribution in [0, 0.1) is 0 Å². The Kier molecular flexibility index (Phi) is 3.72. The fraction of sp³-hybridized carbons (Fsp3) is 1.00. The SMILES string of the molecule is [O]CCC[N+]1CCOCC1. The summed E-state index contributed by atoms with van der Waals surface area (Å²) in [6, 6.07) is 0. The largest absolute Gasteiger partial charge is 0.369 e. The molecule has 58 valence electrons. The average Bonchev–Trinajstić information content (AvgIpc) is 2.03. The molecule has 1 aliphatic rings. The van der Waals surface area contributed by atoms with Crippen molar-refractivity contribution in [2.75, 3.05) is 39.5 Å². The highest BCUT2D eigenvalue weighted by atomic mass is 16.5. The van der Waals surface area contributed by atoms with E-state index in [2.05, 4.69) is 4.90 Å². The van der Waals surface area contributed by atoms with E-state index in [0.29, 0.717) is 0 Å². The van der Waals surface area contributed by atoms with Crippen molar-refractivity contribution in [2.45, 2.75) is 6.42 Å². The summed E-state index contributed by atoms with van der Waals surface area (Å²) in [4.78, 5) is 2.28. The predicted molar refractivity (Wildman–Crippen MR) is 37.7 cm³/mol. The van der Waals surface area contributed by atoms with Crippen molar-refractivity contribution in [2.24, 2.45) is 0 Å². The molecule has 3 nitrogen and oxygen atoms in total. The molecule has 0 amide bonds. The van der Waals surface area contributed by atoms with Crippen LogP contribution in [0.15, 0.2) is 0 Å². The molecule has 0 bridgehead atoms. The topological polar surface area (TPSA) is 35.0 Å². The van der Waals surface area contributed by atoms with Crippen LogP contribution in [0.3, 0.4) is 0 Å². The van der Waals surface area contributed by atoms with Gasteiger partial charge in [0.25, 0.3) is 0 Å². The van der Waals surface area contributed by atoms with Crippen molar-refractivity contribution in [3.05, 3.63) is 0 Å². The van der Waals surface area contributed by atoms with Gasteiger partial charge in [-0.25, -0.2) is 5.11 Å². The van der Waals surface area contributed by atoms with Gasteiger partial charge in [-0.1, -0.05) is 0 Å².